The van der Waals surface area contributed by atoms with E-state index in [0.29, 0.717) is 18.5 Å². The number of rotatable bonds is 4. The molecule has 0 aliphatic heterocycles. The Labute approximate surface area is 156 Å². The summed E-state index contributed by atoms with van der Waals surface area (Å²) < 4.78 is 3.02. The molecule has 1 aliphatic rings. The molecule has 2 heterocycles. The van der Waals surface area contributed by atoms with E-state index in [1.165, 1.54) is 19.3 Å². The molecule has 1 saturated carbocycles. The predicted octanol–water partition coefficient (Wildman–Crippen LogP) is 4.06. The van der Waals surface area contributed by atoms with E-state index in [-0.39, 0.29) is 6.03 Å². The molecule has 4 rings (SSSR count). The van der Waals surface area contributed by atoms with Gasteiger partial charge in [-0.1, -0.05) is 31.4 Å². The van der Waals surface area contributed by atoms with Gasteiger partial charge < -0.3 is 4.90 Å². The minimum atomic E-state index is -0.231. The molecule has 0 spiro atoms. The number of nitrogens with zero attached hydrogens (tertiary/aromatic N) is 5. The molecule has 1 aliphatic carbocycles. The van der Waals surface area contributed by atoms with Crippen LogP contribution in [0.15, 0.2) is 30.6 Å². The summed E-state index contributed by atoms with van der Waals surface area (Å²) >= 11 is 1.60. The van der Waals surface area contributed by atoms with E-state index in [0.717, 1.165) is 28.1 Å². The third-order valence-corrected chi connectivity index (χ3v) is 5.75. The zero-order valence-corrected chi connectivity index (χ0v) is 15.6. The van der Waals surface area contributed by atoms with Crippen molar-refractivity contribution in [1.82, 2.24) is 24.6 Å². The Morgan fingerprint density at radius 2 is 2.12 bits per heavy atom. The Hall–Kier alpha value is -2.48. The highest BCUT2D eigenvalue weighted by atomic mass is 32.1. The molecule has 0 radical (unpaired) electrons. The molecule has 1 fully saturated rings. The van der Waals surface area contributed by atoms with Crippen LogP contribution in [0.25, 0.3) is 10.2 Å². The second-order valence-corrected chi connectivity index (χ2v) is 7.82. The number of thiazole rings is 1. The monoisotopic (exact) mass is 370 g/mol. The fourth-order valence-corrected chi connectivity index (χ4v) is 4.33. The van der Waals surface area contributed by atoms with Crippen LogP contribution < -0.4 is 5.32 Å². The van der Waals surface area contributed by atoms with Gasteiger partial charge >= 0.3 is 6.03 Å². The van der Waals surface area contributed by atoms with Crippen molar-refractivity contribution in [2.45, 2.75) is 44.7 Å². The van der Waals surface area contributed by atoms with Crippen LogP contribution in [0.4, 0.5) is 10.7 Å². The molecule has 8 heteroatoms. The fourth-order valence-electron chi connectivity index (χ4n) is 3.31. The average molecular weight is 370 g/mol. The number of amides is 2. The Balaban J connectivity index is 1.37. The van der Waals surface area contributed by atoms with E-state index in [1.54, 1.807) is 29.6 Å². The third-order valence-electron chi connectivity index (χ3n) is 4.73. The second kappa shape index (κ2) is 7.41. The normalized spacial score (nSPS) is 15.3. The van der Waals surface area contributed by atoms with Crippen molar-refractivity contribution >= 4 is 33.5 Å². The van der Waals surface area contributed by atoms with Crippen molar-refractivity contribution in [3.63, 3.8) is 0 Å². The van der Waals surface area contributed by atoms with Gasteiger partial charge in [-0.3, -0.25) is 5.32 Å². The molecule has 1 N–H and O–H groups in total. The van der Waals surface area contributed by atoms with Crippen LogP contribution in [0.3, 0.4) is 0 Å². The zero-order valence-electron chi connectivity index (χ0n) is 14.8. The van der Waals surface area contributed by atoms with Crippen molar-refractivity contribution in [3.8, 4) is 0 Å². The Morgan fingerprint density at radius 3 is 2.92 bits per heavy atom. The number of carbonyl (C=O) groups is 1. The summed E-state index contributed by atoms with van der Waals surface area (Å²) in [6, 6.07) is 8.16. The third kappa shape index (κ3) is 3.70. The SMILES string of the molecule is CN(Cc1nc2ccccc2s1)C(=O)Nc1ncn(C2CCCCC2)n1. The highest BCUT2D eigenvalue weighted by molar-refractivity contribution is 7.18. The van der Waals surface area contributed by atoms with E-state index in [1.807, 2.05) is 28.9 Å². The van der Waals surface area contributed by atoms with Crippen molar-refractivity contribution in [3.05, 3.63) is 35.6 Å². The highest BCUT2D eigenvalue weighted by Gasteiger charge is 2.18. The summed E-state index contributed by atoms with van der Waals surface area (Å²) in [5.41, 5.74) is 0.967. The molecule has 136 valence electrons. The number of para-hydroxylation sites is 1. The average Bonchev–Trinajstić information content (AvgIpc) is 3.28. The molecular weight excluding hydrogens is 348 g/mol. The van der Waals surface area contributed by atoms with Crippen molar-refractivity contribution in [2.24, 2.45) is 0 Å². The molecule has 0 unspecified atom stereocenters. The zero-order chi connectivity index (χ0) is 17.9. The van der Waals surface area contributed by atoms with Gasteiger partial charge in [0.1, 0.15) is 11.3 Å². The Bertz CT molecular complexity index is 865. The molecule has 0 atom stereocenters. The van der Waals surface area contributed by atoms with Gasteiger partial charge in [-0.05, 0) is 25.0 Å². The summed E-state index contributed by atoms with van der Waals surface area (Å²) in [6.07, 6.45) is 7.75. The summed E-state index contributed by atoms with van der Waals surface area (Å²) in [7, 11) is 1.75. The molecule has 2 amide bonds. The first kappa shape index (κ1) is 17.0. The largest absolute Gasteiger partial charge is 0.324 e. The van der Waals surface area contributed by atoms with E-state index >= 15 is 0 Å². The molecule has 26 heavy (non-hydrogen) atoms. The van der Waals surface area contributed by atoms with Crippen LogP contribution in [-0.2, 0) is 6.54 Å². The molecule has 1 aromatic carbocycles. The van der Waals surface area contributed by atoms with Gasteiger partial charge in [0, 0.05) is 7.05 Å². The number of fused-ring (bicyclic) bond motifs is 1. The molecular formula is C18H22N6OS. The fraction of sp³-hybridized carbons (Fsp3) is 0.444. The van der Waals surface area contributed by atoms with E-state index in [9.17, 15) is 4.79 Å². The lowest BCUT2D eigenvalue weighted by Gasteiger charge is -2.21. The minimum absolute atomic E-state index is 0.231. The van der Waals surface area contributed by atoms with Crippen LogP contribution in [0.2, 0.25) is 0 Å². The van der Waals surface area contributed by atoms with E-state index in [2.05, 4.69) is 20.4 Å². The lowest BCUT2D eigenvalue weighted by Crippen LogP contribution is -2.31. The van der Waals surface area contributed by atoms with E-state index < -0.39 is 0 Å². The van der Waals surface area contributed by atoms with Gasteiger partial charge in [0.25, 0.3) is 0 Å². The molecule has 0 saturated heterocycles. The lowest BCUT2D eigenvalue weighted by atomic mass is 9.96. The van der Waals surface area contributed by atoms with Gasteiger partial charge in [-0.2, -0.15) is 0 Å². The molecule has 2 aromatic heterocycles. The first-order chi connectivity index (χ1) is 12.7. The highest BCUT2D eigenvalue weighted by Crippen LogP contribution is 2.27. The lowest BCUT2D eigenvalue weighted by molar-refractivity contribution is 0.220. The van der Waals surface area contributed by atoms with Gasteiger partial charge in [-0.15, -0.1) is 16.4 Å². The summed E-state index contributed by atoms with van der Waals surface area (Å²) in [4.78, 5) is 22.8. The number of hydrogen-bond acceptors (Lipinski definition) is 5. The number of anilines is 1. The molecule has 7 nitrogen and oxygen atoms in total. The Morgan fingerprint density at radius 1 is 1.31 bits per heavy atom. The number of benzene rings is 1. The van der Waals surface area contributed by atoms with Gasteiger partial charge in [0.15, 0.2) is 0 Å². The number of aromatic nitrogens is 4. The topological polar surface area (TPSA) is 75.9 Å². The smallest absolute Gasteiger partial charge is 0.321 e. The van der Waals surface area contributed by atoms with Crippen LogP contribution in [0.5, 0.6) is 0 Å². The summed E-state index contributed by atoms with van der Waals surface area (Å²) in [5.74, 6) is 0.358. The maximum absolute atomic E-state index is 12.4. The van der Waals surface area contributed by atoms with Crippen molar-refractivity contribution in [2.75, 3.05) is 12.4 Å². The second-order valence-electron chi connectivity index (χ2n) is 6.70. The van der Waals surface area contributed by atoms with Crippen LogP contribution in [-0.4, -0.2) is 37.7 Å². The standard InChI is InChI=1S/C18H22N6OS/c1-23(11-16-20-14-9-5-6-10-15(14)26-16)18(25)21-17-19-12-24(22-17)13-7-3-2-4-8-13/h5-6,9-10,12-13H,2-4,7-8,11H2,1H3,(H,21,22,25). The van der Waals surface area contributed by atoms with E-state index in [4.69, 9.17) is 0 Å². The number of hydrogen-bond donors (Lipinski definition) is 1. The first-order valence-corrected chi connectivity index (χ1v) is 9.78. The number of carbonyl (C=O) groups excluding carboxylic acids is 1. The predicted molar refractivity (Wildman–Crippen MR) is 102 cm³/mol. The quantitative estimate of drug-likeness (QED) is 0.751. The maximum Gasteiger partial charge on any atom is 0.324 e. The molecule has 3 aromatic rings. The van der Waals surface area contributed by atoms with Crippen molar-refractivity contribution < 1.29 is 4.79 Å². The van der Waals surface area contributed by atoms with Gasteiger partial charge in [-0.25, -0.2) is 19.4 Å². The van der Waals surface area contributed by atoms with Gasteiger partial charge in [0.05, 0.1) is 22.8 Å². The Kier molecular flexibility index (Phi) is 4.83. The van der Waals surface area contributed by atoms with Crippen LogP contribution >= 0.6 is 11.3 Å². The van der Waals surface area contributed by atoms with Gasteiger partial charge in [0.2, 0.25) is 5.95 Å². The first-order valence-electron chi connectivity index (χ1n) is 8.97. The maximum atomic E-state index is 12.4. The summed E-state index contributed by atoms with van der Waals surface area (Å²) in [5, 5.41) is 8.11. The number of urea groups is 1. The van der Waals surface area contributed by atoms with Crippen LogP contribution in [0.1, 0.15) is 43.2 Å². The molecule has 0 bridgehead atoms. The summed E-state index contributed by atoms with van der Waals surface area (Å²) in [6.45, 7) is 0.453. The minimum Gasteiger partial charge on any atom is -0.321 e. The van der Waals surface area contributed by atoms with Crippen molar-refractivity contribution in [1.29, 1.82) is 0 Å². The van der Waals surface area contributed by atoms with Crippen LogP contribution in [0, 0.1) is 0 Å². The number of nitrogens with one attached hydrogen (secondary N) is 1.